The van der Waals surface area contributed by atoms with E-state index in [0.717, 1.165) is 28.5 Å². The number of hydrogen-bond acceptors (Lipinski definition) is 7. The predicted molar refractivity (Wildman–Crippen MR) is 133 cm³/mol. The van der Waals surface area contributed by atoms with E-state index in [-0.39, 0.29) is 5.91 Å². The number of amides is 1. The lowest BCUT2D eigenvalue weighted by Gasteiger charge is -2.11. The Bertz CT molecular complexity index is 1310. The molecule has 0 aliphatic heterocycles. The van der Waals surface area contributed by atoms with Crippen LogP contribution < -0.4 is 20.7 Å². The third-order valence-electron chi connectivity index (χ3n) is 5.35. The molecule has 0 saturated carbocycles. The highest BCUT2D eigenvalue weighted by atomic mass is 16.5. The molecule has 0 aliphatic carbocycles. The van der Waals surface area contributed by atoms with Crippen LogP contribution in [0.1, 0.15) is 27.4 Å². The number of hydrogen-bond donors (Lipinski definition) is 3. The van der Waals surface area contributed by atoms with Gasteiger partial charge in [-0.2, -0.15) is 10.1 Å². The zero-order valence-corrected chi connectivity index (χ0v) is 19.8. The zero-order chi connectivity index (χ0) is 24.2. The number of ether oxygens (including phenoxy) is 1. The number of nitrogens with zero attached hydrogens (tertiary/aromatic N) is 4. The molecule has 2 aromatic carbocycles. The third-order valence-corrected chi connectivity index (χ3v) is 5.35. The minimum atomic E-state index is -0.180. The fourth-order valence-electron chi connectivity index (χ4n) is 3.57. The Morgan fingerprint density at radius 1 is 0.882 bits per heavy atom. The molecule has 0 atom stereocenters. The number of methoxy groups -OCH3 is 1. The van der Waals surface area contributed by atoms with E-state index >= 15 is 0 Å². The van der Waals surface area contributed by atoms with E-state index in [9.17, 15) is 4.79 Å². The number of nitrogens with one attached hydrogen (secondary N) is 3. The molecule has 0 radical (unpaired) electrons. The van der Waals surface area contributed by atoms with Crippen molar-refractivity contribution in [2.45, 2.75) is 20.8 Å². The SMILES string of the molecule is COc1ccc(Nc2cc(C)nc(Nc3ccc(NC(=O)c4c(C)nn(C)c4C)cc3)n2)cc1. The van der Waals surface area contributed by atoms with Gasteiger partial charge < -0.3 is 20.7 Å². The molecule has 1 amide bonds. The van der Waals surface area contributed by atoms with Crippen molar-refractivity contribution < 1.29 is 9.53 Å². The van der Waals surface area contributed by atoms with Gasteiger partial charge in [0.2, 0.25) is 5.95 Å². The van der Waals surface area contributed by atoms with Gasteiger partial charge in [-0.25, -0.2) is 4.98 Å². The summed E-state index contributed by atoms with van der Waals surface area (Å²) in [5.41, 5.74) is 5.31. The summed E-state index contributed by atoms with van der Waals surface area (Å²) < 4.78 is 6.90. The maximum Gasteiger partial charge on any atom is 0.259 e. The standard InChI is InChI=1S/C25H27N7O2/c1-15-14-22(27-18-10-12-21(34-5)13-11-18)30-25(26-15)29-20-8-6-19(7-9-20)28-24(33)23-16(2)31-32(4)17(23)3/h6-14H,1-5H3,(H,28,33)(H2,26,27,29,30). The van der Waals surface area contributed by atoms with Gasteiger partial charge in [-0.3, -0.25) is 9.48 Å². The average Bonchev–Trinajstić information content (AvgIpc) is 3.06. The van der Waals surface area contributed by atoms with Crippen LogP contribution in [0.5, 0.6) is 5.75 Å². The van der Waals surface area contributed by atoms with Gasteiger partial charge in [0.25, 0.3) is 5.91 Å². The Balaban J connectivity index is 1.44. The molecule has 0 bridgehead atoms. The topological polar surface area (TPSA) is 106 Å². The van der Waals surface area contributed by atoms with Crippen molar-refractivity contribution in [3.63, 3.8) is 0 Å². The minimum absolute atomic E-state index is 0.180. The van der Waals surface area contributed by atoms with Gasteiger partial charge in [0.1, 0.15) is 11.6 Å². The summed E-state index contributed by atoms with van der Waals surface area (Å²) in [6.45, 7) is 5.61. The molecular formula is C25H27N7O2. The van der Waals surface area contributed by atoms with Crippen LogP contribution >= 0.6 is 0 Å². The molecule has 34 heavy (non-hydrogen) atoms. The Kier molecular flexibility index (Phi) is 6.44. The van der Waals surface area contributed by atoms with Crippen molar-refractivity contribution >= 4 is 34.7 Å². The number of anilines is 5. The molecule has 9 nitrogen and oxygen atoms in total. The lowest BCUT2D eigenvalue weighted by molar-refractivity contribution is 0.102. The summed E-state index contributed by atoms with van der Waals surface area (Å²) in [5.74, 6) is 1.75. The molecule has 0 aliphatic rings. The van der Waals surface area contributed by atoms with E-state index in [4.69, 9.17) is 4.74 Å². The number of carbonyl (C=O) groups excluding carboxylic acids is 1. The van der Waals surface area contributed by atoms with Crippen molar-refractivity contribution in [1.82, 2.24) is 19.7 Å². The second-order valence-corrected chi connectivity index (χ2v) is 7.90. The van der Waals surface area contributed by atoms with E-state index in [2.05, 4.69) is 31.0 Å². The van der Waals surface area contributed by atoms with E-state index in [1.807, 2.05) is 82.4 Å². The predicted octanol–water partition coefficient (Wildman–Crippen LogP) is 4.88. The fraction of sp³-hybridized carbons (Fsp3) is 0.200. The highest BCUT2D eigenvalue weighted by Gasteiger charge is 2.17. The second kappa shape index (κ2) is 9.62. The van der Waals surface area contributed by atoms with Crippen LogP contribution in [0.2, 0.25) is 0 Å². The summed E-state index contributed by atoms with van der Waals surface area (Å²) in [6, 6.07) is 16.9. The fourth-order valence-corrected chi connectivity index (χ4v) is 3.57. The molecule has 0 fully saturated rings. The van der Waals surface area contributed by atoms with E-state index in [0.29, 0.717) is 28.7 Å². The minimum Gasteiger partial charge on any atom is -0.497 e. The molecule has 174 valence electrons. The normalized spacial score (nSPS) is 10.6. The van der Waals surface area contributed by atoms with E-state index in [1.165, 1.54) is 0 Å². The molecular weight excluding hydrogens is 430 g/mol. The first kappa shape index (κ1) is 22.8. The Morgan fingerprint density at radius 3 is 2.12 bits per heavy atom. The van der Waals surface area contributed by atoms with Gasteiger partial charge in [0, 0.05) is 41.6 Å². The highest BCUT2D eigenvalue weighted by Crippen LogP contribution is 2.22. The summed E-state index contributed by atoms with van der Waals surface area (Å²) in [4.78, 5) is 21.7. The number of benzene rings is 2. The lowest BCUT2D eigenvalue weighted by Crippen LogP contribution is -2.14. The molecule has 4 rings (SSSR count). The quantitative estimate of drug-likeness (QED) is 0.363. The number of aryl methyl sites for hydroxylation is 3. The summed E-state index contributed by atoms with van der Waals surface area (Å²) in [6.07, 6.45) is 0. The van der Waals surface area contributed by atoms with Crippen LogP contribution in [-0.4, -0.2) is 32.8 Å². The molecule has 3 N–H and O–H groups in total. The summed E-state index contributed by atoms with van der Waals surface area (Å²) in [5, 5.41) is 13.7. The number of rotatable bonds is 7. The summed E-state index contributed by atoms with van der Waals surface area (Å²) >= 11 is 0. The van der Waals surface area contributed by atoms with Crippen molar-refractivity contribution in [1.29, 1.82) is 0 Å². The zero-order valence-electron chi connectivity index (χ0n) is 19.8. The number of carbonyl (C=O) groups is 1. The largest absolute Gasteiger partial charge is 0.497 e. The Labute approximate surface area is 198 Å². The van der Waals surface area contributed by atoms with Crippen LogP contribution in [0.3, 0.4) is 0 Å². The molecule has 0 spiro atoms. The second-order valence-electron chi connectivity index (χ2n) is 7.90. The van der Waals surface area contributed by atoms with Crippen molar-refractivity contribution in [3.8, 4) is 5.75 Å². The van der Waals surface area contributed by atoms with Crippen molar-refractivity contribution in [3.05, 3.63) is 77.2 Å². The Morgan fingerprint density at radius 2 is 1.50 bits per heavy atom. The van der Waals surface area contributed by atoms with Gasteiger partial charge in [-0.15, -0.1) is 0 Å². The smallest absolute Gasteiger partial charge is 0.259 e. The van der Waals surface area contributed by atoms with E-state index < -0.39 is 0 Å². The van der Waals surface area contributed by atoms with Crippen LogP contribution in [0.15, 0.2) is 54.6 Å². The van der Waals surface area contributed by atoms with E-state index in [1.54, 1.807) is 11.8 Å². The van der Waals surface area contributed by atoms with Crippen LogP contribution in [0.25, 0.3) is 0 Å². The molecule has 9 heteroatoms. The number of aromatic nitrogens is 4. The maximum atomic E-state index is 12.7. The first-order valence-corrected chi connectivity index (χ1v) is 10.8. The van der Waals surface area contributed by atoms with Gasteiger partial charge >= 0.3 is 0 Å². The third kappa shape index (κ3) is 5.15. The highest BCUT2D eigenvalue weighted by molar-refractivity contribution is 6.05. The summed E-state index contributed by atoms with van der Waals surface area (Å²) in [7, 11) is 3.46. The molecule has 2 aromatic heterocycles. The first-order valence-electron chi connectivity index (χ1n) is 10.8. The monoisotopic (exact) mass is 457 g/mol. The molecule has 0 unspecified atom stereocenters. The first-order chi connectivity index (χ1) is 16.3. The van der Waals surface area contributed by atoms with Gasteiger partial charge in [0.15, 0.2) is 0 Å². The maximum absolute atomic E-state index is 12.7. The van der Waals surface area contributed by atoms with Crippen LogP contribution in [0.4, 0.5) is 28.8 Å². The van der Waals surface area contributed by atoms with Crippen molar-refractivity contribution in [2.75, 3.05) is 23.1 Å². The molecule has 4 aromatic rings. The average molecular weight is 458 g/mol. The Hall–Kier alpha value is -4.40. The van der Waals surface area contributed by atoms with Crippen LogP contribution in [-0.2, 0) is 7.05 Å². The van der Waals surface area contributed by atoms with Crippen LogP contribution in [0, 0.1) is 20.8 Å². The lowest BCUT2D eigenvalue weighted by atomic mass is 10.2. The molecule has 0 saturated heterocycles. The van der Waals surface area contributed by atoms with Crippen molar-refractivity contribution in [2.24, 2.45) is 7.05 Å². The van der Waals surface area contributed by atoms with Gasteiger partial charge in [-0.1, -0.05) is 0 Å². The van der Waals surface area contributed by atoms with Gasteiger partial charge in [-0.05, 0) is 69.3 Å². The molecule has 2 heterocycles. The van der Waals surface area contributed by atoms with Gasteiger partial charge in [0.05, 0.1) is 18.4 Å².